The average molecular weight is 340 g/mol. The fraction of sp³-hybridized carbons (Fsp3) is 0.154. The van der Waals surface area contributed by atoms with Gasteiger partial charge in [-0.15, -0.1) is 11.3 Å². The summed E-state index contributed by atoms with van der Waals surface area (Å²) in [5.41, 5.74) is 4.97. The van der Waals surface area contributed by atoms with E-state index in [0.29, 0.717) is 10.4 Å². The first-order chi connectivity index (χ1) is 10.6. The van der Waals surface area contributed by atoms with Gasteiger partial charge in [0.2, 0.25) is 12.3 Å². The van der Waals surface area contributed by atoms with Crippen molar-refractivity contribution in [1.82, 2.24) is 10.9 Å². The van der Waals surface area contributed by atoms with E-state index in [1.54, 1.807) is 35.2 Å². The fourth-order valence-electron chi connectivity index (χ4n) is 1.69. The van der Waals surface area contributed by atoms with Crippen LogP contribution in [0.1, 0.15) is 20.0 Å². The highest BCUT2D eigenvalue weighted by atomic mass is 32.2. The molecule has 0 saturated carbocycles. The molecule has 3 N–H and O–H groups in total. The Hall–Kier alpha value is -1.94. The summed E-state index contributed by atoms with van der Waals surface area (Å²) in [6.45, 7) is 0.135. The number of nitrogens with zero attached hydrogens (tertiary/aromatic N) is 1. The molecule has 2 aromatic rings. The van der Waals surface area contributed by atoms with Crippen LogP contribution in [0, 0.1) is 0 Å². The van der Waals surface area contributed by atoms with E-state index in [9.17, 15) is 13.8 Å². The second kappa shape index (κ2) is 7.90. The third-order valence-electron chi connectivity index (χ3n) is 2.64. The molecule has 0 fully saturated rings. The highest BCUT2D eigenvalue weighted by molar-refractivity contribution is 7.79. The molecule has 9 heteroatoms. The van der Waals surface area contributed by atoms with Gasteiger partial charge in [0.15, 0.2) is 23.5 Å². The molecule has 0 aliphatic rings. The molecule has 0 bridgehead atoms. The van der Waals surface area contributed by atoms with Crippen LogP contribution in [0.25, 0.3) is 0 Å². The molecule has 0 radical (unpaired) electrons. The zero-order chi connectivity index (χ0) is 15.9. The van der Waals surface area contributed by atoms with Gasteiger partial charge >= 0.3 is 0 Å². The van der Waals surface area contributed by atoms with E-state index < -0.39 is 17.0 Å². The minimum atomic E-state index is -2.04. The number of hydrogen-bond donors (Lipinski definition) is 3. The number of rotatable bonds is 7. The summed E-state index contributed by atoms with van der Waals surface area (Å²) >= 11 is -0.672. The Balaban J connectivity index is 1.99. The maximum atomic E-state index is 12.0. The van der Waals surface area contributed by atoms with Gasteiger partial charge in [-0.3, -0.25) is 15.0 Å². The molecular formula is C13H14N3O4S2+. The Kier molecular flexibility index (Phi) is 5.90. The minimum absolute atomic E-state index is 0.0358. The summed E-state index contributed by atoms with van der Waals surface area (Å²) in [5, 5.41) is 1.83. The lowest BCUT2D eigenvalue weighted by Crippen LogP contribution is -2.42. The van der Waals surface area contributed by atoms with E-state index in [1.807, 2.05) is 11.4 Å². The minimum Gasteiger partial charge on any atom is -0.305 e. The smallest absolute Gasteiger partial charge is 0.271 e. The van der Waals surface area contributed by atoms with Crippen molar-refractivity contribution in [3.63, 3.8) is 0 Å². The zero-order valence-corrected chi connectivity index (χ0v) is 13.0. The second-order valence-corrected chi connectivity index (χ2v) is 6.14. The fourth-order valence-corrected chi connectivity index (χ4v) is 2.54. The van der Waals surface area contributed by atoms with Crippen LogP contribution >= 0.6 is 11.3 Å². The number of nitrogens with one attached hydrogen (secondary N) is 2. The van der Waals surface area contributed by atoms with E-state index in [2.05, 4.69) is 10.9 Å². The summed E-state index contributed by atoms with van der Waals surface area (Å²) in [6, 6.07) is 6.80. The van der Waals surface area contributed by atoms with E-state index >= 15 is 0 Å². The lowest BCUT2D eigenvalue weighted by molar-refractivity contribution is -0.683. The third kappa shape index (κ3) is 4.81. The molecule has 2 aromatic heterocycles. The van der Waals surface area contributed by atoms with E-state index in [-0.39, 0.29) is 18.2 Å². The Morgan fingerprint density at radius 3 is 2.82 bits per heavy atom. The van der Waals surface area contributed by atoms with Crippen LogP contribution in [0.3, 0.4) is 0 Å². The maximum Gasteiger partial charge on any atom is 0.271 e. The molecule has 7 nitrogen and oxygen atoms in total. The second-order valence-electron chi connectivity index (χ2n) is 4.26. The Labute approximate surface area is 133 Å². The summed E-state index contributed by atoms with van der Waals surface area (Å²) in [4.78, 5) is 24.5. The molecular weight excluding hydrogens is 326 g/mol. The Morgan fingerprint density at radius 1 is 1.32 bits per heavy atom. The van der Waals surface area contributed by atoms with Crippen molar-refractivity contribution in [2.75, 3.05) is 5.88 Å². The van der Waals surface area contributed by atoms with Gasteiger partial charge in [0.1, 0.15) is 11.4 Å². The third-order valence-corrected chi connectivity index (χ3v) is 3.94. The molecule has 2 rings (SSSR count). The molecule has 0 aromatic carbocycles. The quantitative estimate of drug-likeness (QED) is 0.292. The first kappa shape index (κ1) is 16.4. The molecule has 22 heavy (non-hydrogen) atoms. The number of hydrazine groups is 1. The van der Waals surface area contributed by atoms with Crippen molar-refractivity contribution < 1.29 is 22.9 Å². The van der Waals surface area contributed by atoms with Gasteiger partial charge in [0.05, 0.1) is 4.88 Å². The number of pyridine rings is 1. The summed E-state index contributed by atoms with van der Waals surface area (Å²) in [5.74, 6) is -0.759. The highest BCUT2D eigenvalue weighted by Crippen LogP contribution is 2.09. The zero-order valence-electron chi connectivity index (χ0n) is 11.4. The summed E-state index contributed by atoms with van der Waals surface area (Å²) < 4.78 is 20.7. The van der Waals surface area contributed by atoms with Crippen LogP contribution in [0.5, 0.6) is 0 Å². The molecule has 0 aliphatic heterocycles. The van der Waals surface area contributed by atoms with Gasteiger partial charge in [0, 0.05) is 6.07 Å². The first-order valence-electron chi connectivity index (χ1n) is 6.23. The SMILES string of the molecule is O=C(NNCS(=O)O)c1ccc[n+](CC(=O)c2cccs2)c1. The van der Waals surface area contributed by atoms with Gasteiger partial charge in [-0.1, -0.05) is 6.07 Å². The largest absolute Gasteiger partial charge is 0.305 e. The average Bonchev–Trinajstić information content (AvgIpc) is 3.01. The van der Waals surface area contributed by atoms with E-state index in [1.165, 1.54) is 11.3 Å². The monoisotopic (exact) mass is 340 g/mol. The van der Waals surface area contributed by atoms with Crippen molar-refractivity contribution in [2.45, 2.75) is 6.54 Å². The number of aromatic nitrogens is 1. The topological polar surface area (TPSA) is 99.4 Å². The van der Waals surface area contributed by atoms with Gasteiger partial charge < -0.3 is 4.55 Å². The molecule has 0 saturated heterocycles. The van der Waals surface area contributed by atoms with Crippen molar-refractivity contribution in [3.05, 3.63) is 52.5 Å². The maximum absolute atomic E-state index is 12.0. The van der Waals surface area contributed by atoms with E-state index in [0.717, 1.165) is 0 Å². The van der Waals surface area contributed by atoms with Crippen molar-refractivity contribution >= 4 is 34.1 Å². The Bertz CT molecular complexity index is 688. The molecule has 2 heterocycles. The van der Waals surface area contributed by atoms with Crippen LogP contribution < -0.4 is 15.4 Å². The predicted octanol–water partition coefficient (Wildman–Crippen LogP) is 0.332. The van der Waals surface area contributed by atoms with Crippen molar-refractivity contribution in [1.29, 1.82) is 0 Å². The van der Waals surface area contributed by atoms with Crippen LogP contribution in [-0.2, 0) is 17.6 Å². The number of thiophene rings is 1. The van der Waals surface area contributed by atoms with Crippen molar-refractivity contribution in [2.24, 2.45) is 0 Å². The molecule has 1 unspecified atom stereocenters. The van der Waals surface area contributed by atoms with Gasteiger partial charge in [-0.2, -0.15) is 4.57 Å². The number of ketones is 1. The van der Waals surface area contributed by atoms with Gasteiger partial charge in [-0.05, 0) is 17.5 Å². The molecule has 116 valence electrons. The lowest BCUT2D eigenvalue weighted by Gasteiger charge is -2.04. The van der Waals surface area contributed by atoms with Gasteiger partial charge in [0.25, 0.3) is 5.91 Å². The molecule has 1 atom stereocenters. The van der Waals surface area contributed by atoms with E-state index in [4.69, 9.17) is 4.55 Å². The predicted molar refractivity (Wildman–Crippen MR) is 81.5 cm³/mol. The normalized spacial score (nSPS) is 11.9. The molecule has 1 amide bonds. The van der Waals surface area contributed by atoms with Crippen LogP contribution in [0.4, 0.5) is 0 Å². The highest BCUT2D eigenvalue weighted by Gasteiger charge is 2.15. The summed E-state index contributed by atoms with van der Waals surface area (Å²) in [7, 11) is 0. The van der Waals surface area contributed by atoms with Crippen molar-refractivity contribution in [3.8, 4) is 0 Å². The van der Waals surface area contributed by atoms with Crippen LogP contribution in [-0.4, -0.2) is 26.3 Å². The molecule has 0 aliphatic carbocycles. The standard InChI is InChI=1S/C13H13N3O4S2/c17-11(12-4-2-6-21-12)8-16-5-1-3-10(7-16)13(18)15-14-9-22(19)20/h1-7,14H,8-9H2,(H-,15,18,19,20)/p+1. The lowest BCUT2D eigenvalue weighted by atomic mass is 10.2. The number of amides is 1. The summed E-state index contributed by atoms with van der Waals surface area (Å²) in [6.07, 6.45) is 3.23. The molecule has 0 spiro atoms. The number of carbonyl (C=O) groups is 2. The number of hydrogen-bond acceptors (Lipinski definition) is 5. The first-order valence-corrected chi connectivity index (χ1v) is 8.38. The van der Waals surface area contributed by atoms with Crippen LogP contribution in [0.15, 0.2) is 42.0 Å². The van der Waals surface area contributed by atoms with Crippen LogP contribution in [0.2, 0.25) is 0 Å². The number of carbonyl (C=O) groups excluding carboxylic acids is 2. The number of Topliss-reactive ketones (excluding diaryl/α,β-unsaturated/α-hetero) is 1. The Morgan fingerprint density at radius 2 is 2.14 bits per heavy atom. The van der Waals surface area contributed by atoms with Gasteiger partial charge in [-0.25, -0.2) is 9.63 Å².